The quantitative estimate of drug-likeness (QED) is 0.481. The summed E-state index contributed by atoms with van der Waals surface area (Å²) in [4.78, 5) is 17.3. The van der Waals surface area contributed by atoms with Gasteiger partial charge in [-0.1, -0.05) is 12.1 Å². The Morgan fingerprint density at radius 1 is 1.20 bits per heavy atom. The fourth-order valence-electron chi connectivity index (χ4n) is 1.52. The third-order valence-corrected chi connectivity index (χ3v) is 2.60. The molecule has 104 valence electrons. The summed E-state index contributed by atoms with van der Waals surface area (Å²) in [6.07, 6.45) is -3.57. The molecule has 1 aromatic carbocycles. The van der Waals surface area contributed by atoms with Crippen LogP contribution in [0.2, 0.25) is 5.28 Å². The van der Waals surface area contributed by atoms with Crippen molar-refractivity contribution < 1.29 is 18.1 Å². The largest absolute Gasteiger partial charge is 0.416 e. The minimum Gasteiger partial charge on any atom is -0.258 e. The maximum absolute atomic E-state index is 12.4. The molecule has 0 fully saturated rings. The van der Waals surface area contributed by atoms with E-state index in [1.54, 1.807) is 0 Å². The Labute approximate surface area is 115 Å². The Morgan fingerprint density at radius 3 is 2.30 bits per heavy atom. The maximum Gasteiger partial charge on any atom is 0.416 e. The van der Waals surface area contributed by atoms with Crippen molar-refractivity contribution in [2.45, 2.75) is 6.18 Å². The predicted molar refractivity (Wildman–Crippen MR) is 64.1 cm³/mol. The molecule has 20 heavy (non-hydrogen) atoms. The van der Waals surface area contributed by atoms with Crippen molar-refractivity contribution in [2.75, 3.05) is 0 Å². The Morgan fingerprint density at radius 2 is 1.80 bits per heavy atom. The Balaban J connectivity index is 2.52. The molecular formula is C11H5ClF3N3O2. The molecule has 0 radical (unpaired) electrons. The smallest absolute Gasteiger partial charge is 0.258 e. The molecule has 0 spiro atoms. The van der Waals surface area contributed by atoms with Gasteiger partial charge >= 0.3 is 11.9 Å². The highest BCUT2D eigenvalue weighted by atomic mass is 35.5. The van der Waals surface area contributed by atoms with E-state index in [1.165, 1.54) is 0 Å². The molecule has 2 aromatic rings. The number of hydrogen-bond acceptors (Lipinski definition) is 4. The number of alkyl halides is 3. The predicted octanol–water partition coefficient (Wildman–Crippen LogP) is 3.72. The molecule has 9 heteroatoms. The lowest BCUT2D eigenvalue weighted by molar-refractivity contribution is -0.384. The highest BCUT2D eigenvalue weighted by Crippen LogP contribution is 2.33. The Kier molecular flexibility index (Phi) is 3.58. The van der Waals surface area contributed by atoms with E-state index in [1.807, 2.05) is 0 Å². The molecule has 0 unspecified atom stereocenters. The van der Waals surface area contributed by atoms with Crippen LogP contribution < -0.4 is 0 Å². The number of nitrogens with zero attached hydrogens (tertiary/aromatic N) is 3. The van der Waals surface area contributed by atoms with Crippen molar-refractivity contribution in [1.29, 1.82) is 0 Å². The van der Waals surface area contributed by atoms with Crippen LogP contribution in [0.25, 0.3) is 11.3 Å². The van der Waals surface area contributed by atoms with Crippen molar-refractivity contribution in [3.8, 4) is 11.3 Å². The van der Waals surface area contributed by atoms with Gasteiger partial charge in [-0.3, -0.25) is 10.1 Å². The Bertz CT molecular complexity index is 659. The highest BCUT2D eigenvalue weighted by molar-refractivity contribution is 6.28. The summed E-state index contributed by atoms with van der Waals surface area (Å²) in [5.74, 6) is 0. The molecule has 0 atom stereocenters. The lowest BCUT2D eigenvalue weighted by atomic mass is 10.1. The van der Waals surface area contributed by atoms with E-state index < -0.39 is 22.4 Å². The van der Waals surface area contributed by atoms with Crippen LogP contribution in [0, 0.1) is 10.1 Å². The first-order chi connectivity index (χ1) is 9.29. The second kappa shape index (κ2) is 5.04. The van der Waals surface area contributed by atoms with Crippen molar-refractivity contribution in [1.82, 2.24) is 9.97 Å². The zero-order valence-corrected chi connectivity index (χ0v) is 10.3. The first kappa shape index (κ1) is 14.2. The molecule has 0 saturated carbocycles. The summed E-state index contributed by atoms with van der Waals surface area (Å²) >= 11 is 5.55. The molecule has 5 nitrogen and oxygen atoms in total. The molecule has 0 saturated heterocycles. The standard InChI is InChI=1S/C11H5ClF3N3O2/c12-10-16-5-8(18(19)20)9(17-10)6-1-3-7(4-2-6)11(13,14)15/h1-5H. The second-order valence-corrected chi connectivity index (χ2v) is 4.04. The number of aromatic nitrogens is 2. The van der Waals surface area contributed by atoms with Gasteiger partial charge in [0.25, 0.3) is 0 Å². The fraction of sp³-hybridized carbons (Fsp3) is 0.0909. The van der Waals surface area contributed by atoms with Gasteiger partial charge in [0.1, 0.15) is 6.20 Å². The van der Waals surface area contributed by atoms with Crippen LogP contribution in [-0.4, -0.2) is 14.9 Å². The molecular weight excluding hydrogens is 299 g/mol. The van der Waals surface area contributed by atoms with Gasteiger partial charge in [0.15, 0.2) is 5.69 Å². The van der Waals surface area contributed by atoms with Crippen LogP contribution in [0.1, 0.15) is 5.56 Å². The third-order valence-electron chi connectivity index (χ3n) is 2.42. The number of hydrogen-bond donors (Lipinski definition) is 0. The van der Waals surface area contributed by atoms with Gasteiger partial charge in [0.2, 0.25) is 5.28 Å². The maximum atomic E-state index is 12.4. The SMILES string of the molecule is O=[N+]([O-])c1cnc(Cl)nc1-c1ccc(C(F)(F)F)cc1. The van der Waals surface area contributed by atoms with E-state index in [-0.39, 0.29) is 16.5 Å². The first-order valence-corrected chi connectivity index (χ1v) is 5.51. The fourth-order valence-corrected chi connectivity index (χ4v) is 1.65. The van der Waals surface area contributed by atoms with E-state index in [4.69, 9.17) is 11.6 Å². The molecule has 0 amide bonds. The average molecular weight is 304 g/mol. The van der Waals surface area contributed by atoms with Crippen molar-refractivity contribution in [3.63, 3.8) is 0 Å². The number of benzene rings is 1. The molecule has 0 bridgehead atoms. The summed E-state index contributed by atoms with van der Waals surface area (Å²) < 4.78 is 37.3. The van der Waals surface area contributed by atoms with Crippen LogP contribution >= 0.6 is 11.6 Å². The molecule has 0 N–H and O–H groups in total. The van der Waals surface area contributed by atoms with E-state index >= 15 is 0 Å². The molecule has 0 aliphatic heterocycles. The summed E-state index contributed by atoms with van der Waals surface area (Å²) in [5, 5.41) is 10.6. The van der Waals surface area contributed by atoms with Crippen LogP contribution in [0.15, 0.2) is 30.5 Å². The van der Waals surface area contributed by atoms with E-state index in [9.17, 15) is 23.3 Å². The number of nitro groups is 1. The zero-order chi connectivity index (χ0) is 14.9. The van der Waals surface area contributed by atoms with Crippen LogP contribution in [0.3, 0.4) is 0 Å². The summed E-state index contributed by atoms with van der Waals surface area (Å²) in [7, 11) is 0. The molecule has 1 aromatic heterocycles. The highest BCUT2D eigenvalue weighted by Gasteiger charge is 2.30. The normalized spacial score (nSPS) is 11.4. The van der Waals surface area contributed by atoms with Crippen LogP contribution in [0.5, 0.6) is 0 Å². The lowest BCUT2D eigenvalue weighted by Gasteiger charge is -2.07. The van der Waals surface area contributed by atoms with E-state index in [2.05, 4.69) is 9.97 Å². The minimum absolute atomic E-state index is 0.135. The van der Waals surface area contributed by atoms with Crippen molar-refractivity contribution in [2.24, 2.45) is 0 Å². The summed E-state index contributed by atoms with van der Waals surface area (Å²) in [6.45, 7) is 0. The van der Waals surface area contributed by atoms with Crippen molar-refractivity contribution in [3.05, 3.63) is 51.4 Å². The topological polar surface area (TPSA) is 68.9 Å². The minimum atomic E-state index is -4.48. The van der Waals surface area contributed by atoms with Gasteiger partial charge in [-0.15, -0.1) is 0 Å². The monoisotopic (exact) mass is 303 g/mol. The van der Waals surface area contributed by atoms with Gasteiger partial charge < -0.3 is 0 Å². The van der Waals surface area contributed by atoms with Gasteiger partial charge in [-0.2, -0.15) is 13.2 Å². The summed E-state index contributed by atoms with van der Waals surface area (Å²) in [5.41, 5.74) is -1.28. The van der Waals surface area contributed by atoms with Gasteiger partial charge in [-0.25, -0.2) is 9.97 Å². The molecule has 0 aliphatic rings. The number of halogens is 4. The van der Waals surface area contributed by atoms with Gasteiger partial charge in [-0.05, 0) is 23.7 Å². The van der Waals surface area contributed by atoms with Crippen molar-refractivity contribution >= 4 is 17.3 Å². The van der Waals surface area contributed by atoms with E-state index in [0.717, 1.165) is 30.5 Å². The Hall–Kier alpha value is -2.22. The van der Waals surface area contributed by atoms with E-state index in [0.29, 0.717) is 0 Å². The molecule has 0 aliphatic carbocycles. The average Bonchev–Trinajstić information content (AvgIpc) is 2.37. The van der Waals surface area contributed by atoms with Gasteiger partial charge in [0, 0.05) is 5.56 Å². The number of rotatable bonds is 2. The van der Waals surface area contributed by atoms with Gasteiger partial charge in [0.05, 0.1) is 10.5 Å². The third kappa shape index (κ3) is 2.85. The first-order valence-electron chi connectivity index (χ1n) is 5.13. The van der Waals surface area contributed by atoms with Crippen LogP contribution in [-0.2, 0) is 6.18 Å². The zero-order valence-electron chi connectivity index (χ0n) is 9.56. The van der Waals surface area contributed by atoms with Crippen LogP contribution in [0.4, 0.5) is 18.9 Å². The lowest BCUT2D eigenvalue weighted by Crippen LogP contribution is -2.04. The second-order valence-electron chi connectivity index (χ2n) is 3.71. The summed E-state index contributed by atoms with van der Waals surface area (Å²) in [6, 6.07) is 3.81. The molecule has 1 heterocycles. The molecule has 2 rings (SSSR count).